The third-order valence-electron chi connectivity index (χ3n) is 9.93. The van der Waals surface area contributed by atoms with Gasteiger partial charge in [-0.2, -0.15) is 0 Å². The number of ketones is 1. The Hall–Kier alpha value is -2.17. The van der Waals surface area contributed by atoms with Gasteiger partial charge in [-0.25, -0.2) is 4.79 Å². The van der Waals surface area contributed by atoms with Gasteiger partial charge in [0.1, 0.15) is 18.0 Å². The average Bonchev–Trinajstić information content (AvgIpc) is 3.11. The van der Waals surface area contributed by atoms with E-state index >= 15 is 0 Å². The fourth-order valence-corrected chi connectivity index (χ4v) is 8.15. The van der Waals surface area contributed by atoms with E-state index in [2.05, 4.69) is 13.8 Å². The number of Topliss-reactive ketones (excluding diaryl/α,β-unsaturated/α-hetero) is 1. The van der Waals surface area contributed by atoms with Crippen LogP contribution in [0.1, 0.15) is 82.5 Å². The lowest BCUT2D eigenvalue weighted by Crippen LogP contribution is -2.58. The molecule has 0 unspecified atom stereocenters. The molecule has 1 aromatic carbocycles. The van der Waals surface area contributed by atoms with Crippen LogP contribution < -0.4 is 0 Å². The van der Waals surface area contributed by atoms with Crippen LogP contribution in [0.25, 0.3) is 0 Å². The molecule has 4 saturated carbocycles. The van der Waals surface area contributed by atoms with Gasteiger partial charge in [-0.1, -0.05) is 32.0 Å². The molecule has 0 heterocycles. The van der Waals surface area contributed by atoms with Gasteiger partial charge in [0.25, 0.3) is 0 Å². The Morgan fingerprint density at radius 2 is 1.61 bits per heavy atom. The summed E-state index contributed by atoms with van der Waals surface area (Å²) in [6.45, 7) is 6.11. The summed E-state index contributed by atoms with van der Waals surface area (Å²) in [5, 5.41) is 0. The number of carbonyl (C=O) groups excluding carboxylic acids is 3. The predicted octanol–water partition coefficient (Wildman–Crippen LogP) is 5.37. The van der Waals surface area contributed by atoms with Crippen molar-refractivity contribution in [3.8, 4) is 0 Å². The molecule has 0 aliphatic heterocycles. The summed E-state index contributed by atoms with van der Waals surface area (Å²) >= 11 is 0. The molecule has 0 saturated heterocycles. The maximum atomic E-state index is 13.6. The monoisotopic (exact) mass is 452 g/mol. The molecule has 8 atom stereocenters. The van der Waals surface area contributed by atoms with Crippen molar-refractivity contribution in [3.05, 3.63) is 35.9 Å². The zero-order valence-electron chi connectivity index (χ0n) is 20.0. The van der Waals surface area contributed by atoms with Crippen LogP contribution in [-0.2, 0) is 19.1 Å². The number of benzene rings is 1. The number of hydrogen-bond donors (Lipinski definition) is 0. The largest absolute Gasteiger partial charge is 0.463 e. The number of fused-ring (bicyclic) bond motifs is 5. The zero-order chi connectivity index (χ0) is 23.4. The Kier molecular flexibility index (Phi) is 5.65. The third kappa shape index (κ3) is 3.72. The minimum absolute atomic E-state index is 0.0490. The second-order valence-electron chi connectivity index (χ2n) is 11.5. The molecule has 0 radical (unpaired) electrons. The highest BCUT2D eigenvalue weighted by molar-refractivity contribution is 5.89. The topological polar surface area (TPSA) is 69.7 Å². The van der Waals surface area contributed by atoms with E-state index in [9.17, 15) is 14.4 Å². The molecule has 4 aliphatic rings. The fraction of sp³-hybridized carbons (Fsp3) is 0.679. The van der Waals surface area contributed by atoms with E-state index in [4.69, 9.17) is 9.47 Å². The van der Waals surface area contributed by atoms with Gasteiger partial charge in [0.05, 0.1) is 5.56 Å². The van der Waals surface area contributed by atoms with Crippen molar-refractivity contribution in [1.82, 2.24) is 0 Å². The summed E-state index contributed by atoms with van der Waals surface area (Å²) < 4.78 is 11.6. The summed E-state index contributed by atoms with van der Waals surface area (Å²) in [4.78, 5) is 37.8. The van der Waals surface area contributed by atoms with E-state index < -0.39 is 0 Å². The van der Waals surface area contributed by atoms with Crippen LogP contribution in [0.2, 0.25) is 0 Å². The van der Waals surface area contributed by atoms with E-state index in [1.807, 2.05) is 18.2 Å². The van der Waals surface area contributed by atoms with Crippen LogP contribution >= 0.6 is 0 Å². The molecular formula is C28H36O5. The lowest BCUT2D eigenvalue weighted by atomic mass is 9.45. The van der Waals surface area contributed by atoms with Crippen LogP contribution in [0.4, 0.5) is 0 Å². The highest BCUT2D eigenvalue weighted by Gasteiger charge is 2.63. The van der Waals surface area contributed by atoms with Gasteiger partial charge >= 0.3 is 11.9 Å². The third-order valence-corrected chi connectivity index (χ3v) is 9.93. The van der Waals surface area contributed by atoms with E-state index in [0.717, 1.165) is 44.9 Å². The van der Waals surface area contributed by atoms with Crippen LogP contribution in [0, 0.1) is 34.5 Å². The highest BCUT2D eigenvalue weighted by atomic mass is 16.5. The Bertz CT molecular complexity index is 941. The first-order chi connectivity index (χ1) is 15.7. The van der Waals surface area contributed by atoms with Gasteiger partial charge < -0.3 is 9.47 Å². The number of carbonyl (C=O) groups is 3. The molecule has 1 aromatic rings. The summed E-state index contributed by atoms with van der Waals surface area (Å²) in [7, 11) is 0. The Labute approximate surface area is 196 Å². The van der Waals surface area contributed by atoms with Gasteiger partial charge in [0.2, 0.25) is 0 Å². The predicted molar refractivity (Wildman–Crippen MR) is 123 cm³/mol. The van der Waals surface area contributed by atoms with E-state index in [-0.39, 0.29) is 46.8 Å². The Morgan fingerprint density at radius 3 is 2.33 bits per heavy atom. The molecule has 4 fully saturated rings. The fourth-order valence-electron chi connectivity index (χ4n) is 8.15. The lowest BCUT2D eigenvalue weighted by Gasteiger charge is -2.59. The minimum atomic E-state index is -0.254. The standard InChI is InChI=1S/C28H36O5/c1-17(29)32-20-11-13-27(2)19(15-20)16-23(30)25-21-9-10-24(28(21,3)14-12-22(25)27)33-26(31)18-7-5-4-6-8-18/h4-8,19-22,24-25H,9-16H2,1-3H3/t19-,20+,21+,22-,24-,25-,27-,28-/m0/s1. The van der Waals surface area contributed by atoms with Gasteiger partial charge in [0, 0.05) is 24.7 Å². The van der Waals surface area contributed by atoms with Crippen molar-refractivity contribution in [1.29, 1.82) is 0 Å². The minimum Gasteiger partial charge on any atom is -0.463 e. The van der Waals surface area contributed by atoms with Gasteiger partial charge in [-0.05, 0) is 80.2 Å². The Morgan fingerprint density at radius 1 is 0.909 bits per heavy atom. The van der Waals surface area contributed by atoms with Gasteiger partial charge in [-0.3, -0.25) is 9.59 Å². The van der Waals surface area contributed by atoms with E-state index in [1.54, 1.807) is 12.1 Å². The number of rotatable bonds is 3. The summed E-state index contributed by atoms with van der Waals surface area (Å²) in [6, 6.07) is 9.20. The SMILES string of the molecule is CC(=O)O[C@@H]1CC[C@@]2(C)[C@H](CC(=O)[C@H]3[C@H]4CC[C@H](OC(=O)c5ccccc5)[C@@]4(C)CC[C@@H]32)C1. The first kappa shape index (κ1) is 22.6. The van der Waals surface area contributed by atoms with Crippen molar-refractivity contribution < 1.29 is 23.9 Å². The number of esters is 2. The normalized spacial score (nSPS) is 42.0. The molecule has 0 N–H and O–H groups in total. The van der Waals surface area contributed by atoms with Crippen molar-refractivity contribution in [3.63, 3.8) is 0 Å². The first-order valence-electron chi connectivity index (χ1n) is 12.7. The molecule has 5 nitrogen and oxygen atoms in total. The van der Waals surface area contributed by atoms with Crippen molar-refractivity contribution in [2.45, 2.75) is 84.3 Å². The Balaban J connectivity index is 1.34. The maximum Gasteiger partial charge on any atom is 0.338 e. The molecule has 33 heavy (non-hydrogen) atoms. The van der Waals surface area contributed by atoms with Crippen LogP contribution in [0.15, 0.2) is 30.3 Å². The second kappa shape index (κ2) is 8.25. The summed E-state index contributed by atoms with van der Waals surface area (Å²) in [5.74, 6) is 0.925. The molecule has 0 amide bonds. The molecule has 0 aromatic heterocycles. The first-order valence-corrected chi connectivity index (χ1v) is 12.7. The van der Waals surface area contributed by atoms with Gasteiger partial charge in [0.15, 0.2) is 0 Å². The lowest BCUT2D eigenvalue weighted by molar-refractivity contribution is -0.168. The summed E-state index contributed by atoms with van der Waals surface area (Å²) in [6.07, 6.45) is 6.92. The van der Waals surface area contributed by atoms with Gasteiger partial charge in [-0.15, -0.1) is 0 Å². The van der Waals surface area contributed by atoms with Crippen molar-refractivity contribution >= 4 is 17.7 Å². The second-order valence-corrected chi connectivity index (χ2v) is 11.5. The molecule has 4 aliphatic carbocycles. The smallest absolute Gasteiger partial charge is 0.338 e. The van der Waals surface area contributed by atoms with Crippen LogP contribution in [-0.4, -0.2) is 29.9 Å². The number of hydrogen-bond acceptors (Lipinski definition) is 5. The molecule has 0 spiro atoms. The molecule has 178 valence electrons. The summed E-state index contributed by atoms with van der Waals surface area (Å²) in [5.41, 5.74) is 0.571. The molecule has 0 bridgehead atoms. The molecule has 5 rings (SSSR count). The molecular weight excluding hydrogens is 416 g/mol. The van der Waals surface area contributed by atoms with Crippen molar-refractivity contribution in [2.24, 2.45) is 34.5 Å². The quantitative estimate of drug-likeness (QED) is 0.577. The number of ether oxygens (including phenoxy) is 2. The maximum absolute atomic E-state index is 13.6. The zero-order valence-corrected chi connectivity index (χ0v) is 20.0. The van der Waals surface area contributed by atoms with E-state index in [0.29, 0.717) is 29.6 Å². The average molecular weight is 453 g/mol. The van der Waals surface area contributed by atoms with Crippen molar-refractivity contribution in [2.75, 3.05) is 0 Å². The highest BCUT2D eigenvalue weighted by Crippen LogP contribution is 2.65. The van der Waals surface area contributed by atoms with E-state index in [1.165, 1.54) is 6.92 Å². The van der Waals surface area contributed by atoms with Crippen LogP contribution in [0.5, 0.6) is 0 Å². The van der Waals surface area contributed by atoms with Crippen LogP contribution in [0.3, 0.4) is 0 Å². The molecule has 5 heteroatoms.